The van der Waals surface area contributed by atoms with E-state index in [2.05, 4.69) is 27.1 Å². The highest BCUT2D eigenvalue weighted by molar-refractivity contribution is 5.82. The van der Waals surface area contributed by atoms with Crippen molar-refractivity contribution in [1.82, 2.24) is 20.2 Å². The molecule has 1 saturated heterocycles. The van der Waals surface area contributed by atoms with Crippen LogP contribution in [0.1, 0.15) is 32.1 Å². The number of nitrogens with zero attached hydrogens (tertiary/aromatic N) is 2. The molecule has 0 bridgehead atoms. The molecule has 0 aliphatic carbocycles. The van der Waals surface area contributed by atoms with Crippen molar-refractivity contribution in [3.05, 3.63) is 30.1 Å². The maximum atomic E-state index is 12.5. The Hall–Kier alpha value is -1.92. The van der Waals surface area contributed by atoms with Crippen molar-refractivity contribution in [2.75, 3.05) is 26.2 Å². The molecule has 23 heavy (non-hydrogen) atoms. The van der Waals surface area contributed by atoms with E-state index in [1.54, 1.807) is 0 Å². The van der Waals surface area contributed by atoms with Crippen molar-refractivity contribution < 1.29 is 9.53 Å². The number of aromatic amines is 1. The number of imidazole rings is 1. The summed E-state index contributed by atoms with van der Waals surface area (Å²) < 4.78 is 5.63. The minimum Gasteiger partial charge on any atom is -0.366 e. The third-order valence-electron chi connectivity index (χ3n) is 4.35. The second-order valence-electron chi connectivity index (χ2n) is 5.86. The standard InChI is InChI=1S/C17H24N4O2/c1-3-12(16-18-13-7-5-6-8-14(13)19-16)20-17(22)15-11-21(4-2)9-10-23-15/h5-8,12,15H,3-4,9-11H2,1-2H3,(H,18,19)(H,20,22)/t12-,15-/m1/s1. The van der Waals surface area contributed by atoms with E-state index < -0.39 is 6.10 Å². The van der Waals surface area contributed by atoms with E-state index in [1.807, 2.05) is 31.2 Å². The third kappa shape index (κ3) is 3.54. The van der Waals surface area contributed by atoms with Crippen LogP contribution in [0.4, 0.5) is 0 Å². The van der Waals surface area contributed by atoms with Gasteiger partial charge in [0.1, 0.15) is 11.9 Å². The summed E-state index contributed by atoms with van der Waals surface area (Å²) >= 11 is 0. The molecule has 0 radical (unpaired) electrons. The van der Waals surface area contributed by atoms with Crippen molar-refractivity contribution in [3.63, 3.8) is 0 Å². The first-order valence-corrected chi connectivity index (χ1v) is 8.30. The van der Waals surface area contributed by atoms with E-state index in [9.17, 15) is 4.79 Å². The molecule has 1 aromatic heterocycles. The maximum Gasteiger partial charge on any atom is 0.251 e. The van der Waals surface area contributed by atoms with Crippen LogP contribution in [-0.4, -0.2) is 53.1 Å². The number of para-hydroxylation sites is 2. The van der Waals surface area contributed by atoms with Gasteiger partial charge in [0.05, 0.1) is 23.7 Å². The molecule has 6 nitrogen and oxygen atoms in total. The predicted molar refractivity (Wildman–Crippen MR) is 89.1 cm³/mol. The van der Waals surface area contributed by atoms with Crippen LogP contribution in [0.5, 0.6) is 0 Å². The molecule has 1 fully saturated rings. The molecule has 1 amide bonds. The van der Waals surface area contributed by atoms with Crippen LogP contribution in [0.25, 0.3) is 11.0 Å². The lowest BCUT2D eigenvalue weighted by atomic mass is 10.2. The van der Waals surface area contributed by atoms with Gasteiger partial charge in [0.2, 0.25) is 0 Å². The number of nitrogens with one attached hydrogen (secondary N) is 2. The molecule has 2 N–H and O–H groups in total. The molecule has 0 spiro atoms. The number of rotatable bonds is 5. The monoisotopic (exact) mass is 316 g/mol. The Morgan fingerprint density at radius 1 is 1.48 bits per heavy atom. The maximum absolute atomic E-state index is 12.5. The second-order valence-corrected chi connectivity index (χ2v) is 5.86. The lowest BCUT2D eigenvalue weighted by Crippen LogP contribution is -2.50. The molecule has 1 aliphatic heterocycles. The number of ether oxygens (including phenoxy) is 1. The molecule has 1 aromatic carbocycles. The van der Waals surface area contributed by atoms with Gasteiger partial charge in [-0.3, -0.25) is 9.69 Å². The summed E-state index contributed by atoms with van der Waals surface area (Å²) in [6, 6.07) is 7.76. The van der Waals surface area contributed by atoms with E-state index in [1.165, 1.54) is 0 Å². The summed E-state index contributed by atoms with van der Waals surface area (Å²) in [5.74, 6) is 0.737. The van der Waals surface area contributed by atoms with Gasteiger partial charge in [-0.05, 0) is 25.1 Å². The van der Waals surface area contributed by atoms with Gasteiger partial charge >= 0.3 is 0 Å². The first kappa shape index (κ1) is 16.0. The van der Waals surface area contributed by atoms with Crippen LogP contribution in [0.2, 0.25) is 0 Å². The molecule has 0 saturated carbocycles. The summed E-state index contributed by atoms with van der Waals surface area (Å²) in [6.45, 7) is 7.23. The second kappa shape index (κ2) is 7.10. The molecular weight excluding hydrogens is 292 g/mol. The highest BCUT2D eigenvalue weighted by atomic mass is 16.5. The third-order valence-corrected chi connectivity index (χ3v) is 4.35. The smallest absolute Gasteiger partial charge is 0.251 e. The number of benzene rings is 1. The van der Waals surface area contributed by atoms with E-state index in [0.717, 1.165) is 36.4 Å². The van der Waals surface area contributed by atoms with Gasteiger partial charge in [-0.2, -0.15) is 0 Å². The average Bonchev–Trinajstić information content (AvgIpc) is 3.03. The molecule has 6 heteroatoms. The molecule has 0 unspecified atom stereocenters. The molecular formula is C17H24N4O2. The number of aromatic nitrogens is 2. The zero-order chi connectivity index (χ0) is 16.2. The Labute approximate surface area is 136 Å². The van der Waals surface area contributed by atoms with Gasteiger partial charge in [-0.1, -0.05) is 26.0 Å². The largest absolute Gasteiger partial charge is 0.366 e. The molecule has 2 heterocycles. The Morgan fingerprint density at radius 2 is 2.30 bits per heavy atom. The van der Waals surface area contributed by atoms with E-state index in [0.29, 0.717) is 13.2 Å². The van der Waals surface area contributed by atoms with Crippen LogP contribution in [0.3, 0.4) is 0 Å². The van der Waals surface area contributed by atoms with Crippen molar-refractivity contribution >= 4 is 16.9 Å². The number of morpholine rings is 1. The van der Waals surface area contributed by atoms with Gasteiger partial charge in [0.25, 0.3) is 5.91 Å². The minimum atomic E-state index is -0.401. The fraction of sp³-hybridized carbons (Fsp3) is 0.529. The highest BCUT2D eigenvalue weighted by Gasteiger charge is 2.28. The Bertz CT molecular complexity index is 636. The molecule has 3 rings (SSSR count). The number of carbonyl (C=O) groups is 1. The molecule has 2 atom stereocenters. The fourth-order valence-electron chi connectivity index (χ4n) is 2.91. The average molecular weight is 316 g/mol. The van der Waals surface area contributed by atoms with Crippen LogP contribution in [0, 0.1) is 0 Å². The predicted octanol–water partition coefficient (Wildman–Crippen LogP) is 1.85. The van der Waals surface area contributed by atoms with Crippen molar-refractivity contribution in [3.8, 4) is 0 Å². The van der Waals surface area contributed by atoms with Gasteiger partial charge < -0.3 is 15.0 Å². The first-order valence-electron chi connectivity index (χ1n) is 8.30. The summed E-state index contributed by atoms with van der Waals surface area (Å²) in [4.78, 5) is 22.6. The number of H-pyrrole nitrogens is 1. The number of hydrogen-bond donors (Lipinski definition) is 2. The highest BCUT2D eigenvalue weighted by Crippen LogP contribution is 2.19. The van der Waals surface area contributed by atoms with Crippen molar-refractivity contribution in [1.29, 1.82) is 0 Å². The van der Waals surface area contributed by atoms with Gasteiger partial charge in [-0.25, -0.2) is 4.98 Å². The van der Waals surface area contributed by atoms with Crippen molar-refractivity contribution in [2.45, 2.75) is 32.4 Å². The van der Waals surface area contributed by atoms with Crippen molar-refractivity contribution in [2.24, 2.45) is 0 Å². The van der Waals surface area contributed by atoms with Crippen LogP contribution < -0.4 is 5.32 Å². The SMILES string of the molecule is CC[C@@H](NC(=O)[C@H]1CN(CC)CCO1)c1nc2ccccc2[nH]1. The number of hydrogen-bond acceptors (Lipinski definition) is 4. The number of amides is 1. The zero-order valence-electron chi connectivity index (χ0n) is 13.7. The summed E-state index contributed by atoms with van der Waals surface area (Å²) in [6.07, 6.45) is 0.373. The number of fused-ring (bicyclic) bond motifs is 1. The van der Waals surface area contributed by atoms with E-state index in [-0.39, 0.29) is 11.9 Å². The van der Waals surface area contributed by atoms with Gasteiger partial charge in [0, 0.05) is 13.1 Å². The van der Waals surface area contributed by atoms with Gasteiger partial charge in [0.15, 0.2) is 0 Å². The molecule has 2 aromatic rings. The zero-order valence-corrected chi connectivity index (χ0v) is 13.7. The Morgan fingerprint density at radius 3 is 3.04 bits per heavy atom. The number of carbonyl (C=O) groups excluding carboxylic acids is 1. The Balaban J connectivity index is 1.70. The fourth-order valence-corrected chi connectivity index (χ4v) is 2.91. The number of likely N-dealkylation sites (N-methyl/N-ethyl adjacent to an activating group) is 1. The summed E-state index contributed by atoms with van der Waals surface area (Å²) in [5.41, 5.74) is 1.91. The lowest BCUT2D eigenvalue weighted by molar-refractivity contribution is -0.139. The first-order chi connectivity index (χ1) is 11.2. The topological polar surface area (TPSA) is 70.2 Å². The van der Waals surface area contributed by atoms with Gasteiger partial charge in [-0.15, -0.1) is 0 Å². The molecule has 124 valence electrons. The van der Waals surface area contributed by atoms with E-state index >= 15 is 0 Å². The lowest BCUT2D eigenvalue weighted by Gasteiger charge is -2.31. The quantitative estimate of drug-likeness (QED) is 0.883. The van der Waals surface area contributed by atoms with Crippen LogP contribution in [0.15, 0.2) is 24.3 Å². The van der Waals surface area contributed by atoms with Crippen LogP contribution >= 0.6 is 0 Å². The summed E-state index contributed by atoms with van der Waals surface area (Å²) in [7, 11) is 0. The minimum absolute atomic E-state index is 0.0598. The van der Waals surface area contributed by atoms with E-state index in [4.69, 9.17) is 4.74 Å². The Kier molecular flexibility index (Phi) is 4.93. The normalized spacial score (nSPS) is 20.5. The molecule has 1 aliphatic rings. The summed E-state index contributed by atoms with van der Waals surface area (Å²) in [5, 5.41) is 3.07. The van der Waals surface area contributed by atoms with Crippen LogP contribution in [-0.2, 0) is 9.53 Å².